The van der Waals surface area contributed by atoms with E-state index in [-0.39, 0.29) is 5.71 Å². The van der Waals surface area contributed by atoms with Crippen LogP contribution in [0.1, 0.15) is 13.8 Å². The normalized spacial score (nSPS) is 11.4. The number of hydrogen-bond donors (Lipinski definition) is 1. The fourth-order valence-electron chi connectivity index (χ4n) is 0.511. The van der Waals surface area contributed by atoms with Gasteiger partial charge in [0, 0.05) is 0 Å². The zero-order chi connectivity index (χ0) is 11.2. The van der Waals surface area contributed by atoms with Crippen molar-refractivity contribution in [3.63, 3.8) is 0 Å². The summed E-state index contributed by atoms with van der Waals surface area (Å²) >= 11 is 0. The van der Waals surface area contributed by atoms with Gasteiger partial charge in [-0.25, -0.2) is 4.79 Å². The first-order valence-electron chi connectivity index (χ1n) is 3.85. The van der Waals surface area contributed by atoms with E-state index >= 15 is 0 Å². The van der Waals surface area contributed by atoms with Crippen molar-refractivity contribution in [1.82, 2.24) is 0 Å². The van der Waals surface area contributed by atoms with Crippen molar-refractivity contribution in [3.8, 4) is 11.8 Å². The Balaban J connectivity index is 4.77. The highest BCUT2D eigenvalue weighted by Crippen LogP contribution is 1.96. The molecule has 0 heterocycles. The van der Waals surface area contributed by atoms with E-state index in [1.165, 1.54) is 28.1 Å². The molecule has 0 aliphatic rings. The van der Waals surface area contributed by atoms with Gasteiger partial charge in [-0.15, -0.1) is 0 Å². The first-order chi connectivity index (χ1) is 6.40. The fourth-order valence-corrected chi connectivity index (χ4v) is 0.511. The van der Waals surface area contributed by atoms with E-state index in [1.807, 2.05) is 0 Å². The van der Waals surface area contributed by atoms with Crippen LogP contribution in [0.25, 0.3) is 0 Å². The Morgan fingerprint density at radius 1 is 1.43 bits per heavy atom. The number of carbonyl (C=O) groups is 1. The van der Waals surface area contributed by atoms with E-state index in [1.54, 1.807) is 0 Å². The van der Waals surface area contributed by atoms with E-state index in [4.69, 9.17) is 0 Å². The number of ether oxygens (including phenoxy) is 1. The topological polar surface area (TPSA) is 68.1 Å². The molecule has 78 valence electrons. The highest BCUT2D eigenvalue weighted by Gasteiger charge is 2.12. The predicted octanol–water partition coefficient (Wildman–Crippen LogP) is -0.0639. The molecular weight excluding hydrogens is 186 g/mol. The van der Waals surface area contributed by atoms with Gasteiger partial charge in [0.25, 0.3) is 0 Å². The Bertz CT molecular complexity index is 290. The number of rotatable bonds is 2. The Morgan fingerprint density at radius 3 is 2.36 bits per heavy atom. The minimum Gasteiger partial charge on any atom is -0.464 e. The number of carbonyl (C=O) groups excluding carboxylic acids is 1. The molecule has 0 aliphatic carbocycles. The third kappa shape index (κ3) is 5.17. The maximum atomic E-state index is 11.0. The van der Waals surface area contributed by atoms with E-state index in [9.17, 15) is 9.90 Å². The van der Waals surface area contributed by atoms with Crippen molar-refractivity contribution in [1.29, 1.82) is 0 Å². The fraction of sp³-hybridized carbons (Fsp3) is 0.556. The molecule has 0 fully saturated rings. The second-order valence-corrected chi connectivity index (χ2v) is 2.92. The molecule has 0 amide bonds. The summed E-state index contributed by atoms with van der Waals surface area (Å²) in [5, 5.41) is 12.6. The number of methoxy groups -OCH3 is 1. The summed E-state index contributed by atoms with van der Waals surface area (Å²) in [5.74, 6) is 4.07. The van der Waals surface area contributed by atoms with Crippen LogP contribution in [0.4, 0.5) is 0 Å². The van der Waals surface area contributed by atoms with Crippen LogP contribution in [0.15, 0.2) is 5.16 Å². The summed E-state index contributed by atoms with van der Waals surface area (Å²) in [6, 6.07) is 0. The molecule has 0 aromatic heterocycles. The average Bonchev–Trinajstić information content (AvgIpc) is 2.09. The Kier molecular flexibility index (Phi) is 4.67. The van der Waals surface area contributed by atoms with Crippen LogP contribution < -0.4 is 0 Å². The van der Waals surface area contributed by atoms with Gasteiger partial charge in [0.05, 0.1) is 7.11 Å². The van der Waals surface area contributed by atoms with Gasteiger partial charge < -0.3 is 14.7 Å². The molecule has 0 saturated carbocycles. The van der Waals surface area contributed by atoms with Crippen LogP contribution in [-0.2, 0) is 14.4 Å². The van der Waals surface area contributed by atoms with Gasteiger partial charge >= 0.3 is 5.97 Å². The van der Waals surface area contributed by atoms with Crippen LogP contribution >= 0.6 is 0 Å². The summed E-state index contributed by atoms with van der Waals surface area (Å²) in [6.45, 7) is 2.98. The summed E-state index contributed by atoms with van der Waals surface area (Å²) in [6.07, 6.45) is 0. The Labute approximate surface area is 82.7 Å². The molecule has 5 heteroatoms. The number of hydrogen-bond acceptors (Lipinski definition) is 5. The SMILES string of the molecule is CON=C(C#CC(C)(C)O)C(=O)OC. The Hall–Kier alpha value is -1.54. The van der Waals surface area contributed by atoms with Crippen molar-refractivity contribution in [2.75, 3.05) is 14.2 Å². The van der Waals surface area contributed by atoms with Gasteiger partial charge in [-0.05, 0) is 19.8 Å². The molecule has 0 atom stereocenters. The molecular formula is C9H13NO4. The van der Waals surface area contributed by atoms with Gasteiger partial charge in [-0.3, -0.25) is 0 Å². The summed E-state index contributed by atoms with van der Waals surface area (Å²) in [7, 11) is 2.49. The van der Waals surface area contributed by atoms with E-state index < -0.39 is 11.6 Å². The lowest BCUT2D eigenvalue weighted by molar-refractivity contribution is -0.132. The number of esters is 1. The van der Waals surface area contributed by atoms with Crippen molar-refractivity contribution >= 4 is 11.7 Å². The maximum Gasteiger partial charge on any atom is 0.368 e. The van der Waals surface area contributed by atoms with Gasteiger partial charge in [0.1, 0.15) is 12.7 Å². The van der Waals surface area contributed by atoms with E-state index in [0.29, 0.717) is 0 Å². The van der Waals surface area contributed by atoms with E-state index in [0.717, 1.165) is 0 Å². The molecule has 0 unspecified atom stereocenters. The van der Waals surface area contributed by atoms with Crippen LogP contribution in [0.5, 0.6) is 0 Å². The maximum absolute atomic E-state index is 11.0. The summed E-state index contributed by atoms with van der Waals surface area (Å²) in [5.41, 5.74) is -1.38. The molecule has 0 aliphatic heterocycles. The lowest BCUT2D eigenvalue weighted by atomic mass is 10.1. The van der Waals surface area contributed by atoms with Gasteiger partial charge in [-0.2, -0.15) is 0 Å². The van der Waals surface area contributed by atoms with Crippen molar-refractivity contribution in [3.05, 3.63) is 0 Å². The zero-order valence-corrected chi connectivity index (χ0v) is 8.62. The van der Waals surface area contributed by atoms with Gasteiger partial charge in [-0.1, -0.05) is 11.1 Å². The van der Waals surface area contributed by atoms with Crippen LogP contribution in [0.3, 0.4) is 0 Å². The van der Waals surface area contributed by atoms with Crippen molar-refractivity contribution < 1.29 is 19.5 Å². The highest BCUT2D eigenvalue weighted by atomic mass is 16.6. The molecule has 0 bridgehead atoms. The summed E-state index contributed by atoms with van der Waals surface area (Å²) < 4.78 is 4.40. The molecule has 0 aromatic rings. The van der Waals surface area contributed by atoms with Crippen LogP contribution in [-0.4, -0.2) is 36.6 Å². The van der Waals surface area contributed by atoms with Gasteiger partial charge in [0.15, 0.2) is 0 Å². The second kappa shape index (κ2) is 5.25. The van der Waals surface area contributed by atoms with Crippen LogP contribution in [0, 0.1) is 11.8 Å². The Morgan fingerprint density at radius 2 is 2.00 bits per heavy atom. The van der Waals surface area contributed by atoms with Crippen molar-refractivity contribution in [2.24, 2.45) is 5.16 Å². The summed E-state index contributed by atoms with van der Waals surface area (Å²) in [4.78, 5) is 15.4. The molecule has 0 rings (SSSR count). The highest BCUT2D eigenvalue weighted by molar-refractivity contribution is 6.43. The zero-order valence-electron chi connectivity index (χ0n) is 8.62. The van der Waals surface area contributed by atoms with E-state index in [2.05, 4.69) is 26.6 Å². The monoisotopic (exact) mass is 199 g/mol. The predicted molar refractivity (Wildman–Crippen MR) is 50.5 cm³/mol. The molecule has 0 spiro atoms. The molecule has 5 nitrogen and oxygen atoms in total. The molecule has 0 saturated heterocycles. The smallest absolute Gasteiger partial charge is 0.368 e. The lowest BCUT2D eigenvalue weighted by Gasteiger charge is -2.05. The third-order valence-corrected chi connectivity index (χ3v) is 1.05. The molecule has 0 radical (unpaired) electrons. The standard InChI is InChI=1S/C9H13NO4/c1-9(2,12)6-5-7(10-14-4)8(11)13-3/h12H,1-4H3. The number of aliphatic hydroxyl groups is 1. The van der Waals surface area contributed by atoms with Crippen molar-refractivity contribution in [2.45, 2.75) is 19.4 Å². The number of nitrogens with zero attached hydrogens (tertiary/aromatic N) is 1. The van der Waals surface area contributed by atoms with Gasteiger partial charge in [0.2, 0.25) is 5.71 Å². The minimum atomic E-state index is -1.19. The number of oxime groups is 1. The third-order valence-electron chi connectivity index (χ3n) is 1.05. The largest absolute Gasteiger partial charge is 0.464 e. The molecule has 0 aromatic carbocycles. The first kappa shape index (κ1) is 12.5. The molecule has 1 N–H and O–H groups in total. The van der Waals surface area contributed by atoms with Crippen LogP contribution in [0.2, 0.25) is 0 Å². The average molecular weight is 199 g/mol. The second-order valence-electron chi connectivity index (χ2n) is 2.92. The lowest BCUT2D eigenvalue weighted by Crippen LogP contribution is -2.18. The quantitative estimate of drug-likeness (QED) is 0.293. The molecule has 14 heavy (non-hydrogen) atoms. The minimum absolute atomic E-state index is 0.183. The first-order valence-corrected chi connectivity index (χ1v) is 3.85.